The number of nitriles is 1. The van der Waals surface area contributed by atoms with Crippen molar-refractivity contribution in [3.05, 3.63) is 35.8 Å². The lowest BCUT2D eigenvalue weighted by atomic mass is 9.85. The van der Waals surface area contributed by atoms with E-state index in [0.717, 1.165) is 23.5 Å². The summed E-state index contributed by atoms with van der Waals surface area (Å²) < 4.78 is 2.03. The average Bonchev–Trinajstić information content (AvgIpc) is 2.82. The number of pyridine rings is 1. The van der Waals surface area contributed by atoms with Gasteiger partial charge in [-0.2, -0.15) is 5.26 Å². The van der Waals surface area contributed by atoms with E-state index in [1.807, 2.05) is 35.7 Å². The molecule has 110 valence electrons. The molecule has 3 atom stereocenters. The maximum atomic E-state index is 9.65. The van der Waals surface area contributed by atoms with Crippen LogP contribution in [0.1, 0.15) is 50.0 Å². The number of aromatic nitrogens is 2. The molecule has 0 saturated heterocycles. The maximum absolute atomic E-state index is 9.65. The molecule has 1 N–H and O–H groups in total. The van der Waals surface area contributed by atoms with Crippen LogP contribution in [-0.2, 0) is 0 Å². The van der Waals surface area contributed by atoms with Crippen molar-refractivity contribution < 1.29 is 0 Å². The van der Waals surface area contributed by atoms with E-state index in [-0.39, 0.29) is 6.04 Å². The SMILES string of the molecule is Cc1nc2ccccn2c1C(C#N)NC1CCCCC1C. The van der Waals surface area contributed by atoms with Crippen LogP contribution in [0.2, 0.25) is 0 Å². The summed E-state index contributed by atoms with van der Waals surface area (Å²) in [5, 5.41) is 13.2. The fourth-order valence-corrected chi connectivity index (χ4v) is 3.44. The Morgan fingerprint density at radius 3 is 2.95 bits per heavy atom. The topological polar surface area (TPSA) is 53.1 Å². The summed E-state index contributed by atoms with van der Waals surface area (Å²) in [6, 6.07) is 8.50. The number of hydrogen-bond acceptors (Lipinski definition) is 3. The van der Waals surface area contributed by atoms with Gasteiger partial charge in [-0.25, -0.2) is 4.98 Å². The van der Waals surface area contributed by atoms with Gasteiger partial charge in [0.2, 0.25) is 0 Å². The molecular weight excluding hydrogens is 260 g/mol. The van der Waals surface area contributed by atoms with Crippen molar-refractivity contribution in [3.63, 3.8) is 0 Å². The standard InChI is InChI=1S/C17H22N4/c1-12-7-3-4-8-14(12)20-15(11-18)17-13(2)19-16-9-5-6-10-21(16)17/h5-6,9-10,12,14-15,20H,3-4,7-8H2,1-2H3. The molecule has 2 aromatic heterocycles. The zero-order chi connectivity index (χ0) is 14.8. The Balaban J connectivity index is 1.91. The normalized spacial score (nSPS) is 23.9. The second-order valence-electron chi connectivity index (χ2n) is 6.11. The Morgan fingerprint density at radius 2 is 2.19 bits per heavy atom. The third-order valence-corrected chi connectivity index (χ3v) is 4.65. The molecule has 1 saturated carbocycles. The lowest BCUT2D eigenvalue weighted by Gasteiger charge is -2.31. The van der Waals surface area contributed by atoms with Gasteiger partial charge in [0.05, 0.1) is 17.5 Å². The molecule has 0 bridgehead atoms. The summed E-state index contributed by atoms with van der Waals surface area (Å²) in [4.78, 5) is 4.57. The van der Waals surface area contributed by atoms with Gasteiger partial charge in [-0.15, -0.1) is 0 Å². The Morgan fingerprint density at radius 1 is 1.38 bits per heavy atom. The van der Waals surface area contributed by atoms with Crippen molar-refractivity contribution in [2.75, 3.05) is 0 Å². The van der Waals surface area contributed by atoms with Gasteiger partial charge in [-0.05, 0) is 37.8 Å². The van der Waals surface area contributed by atoms with Gasteiger partial charge >= 0.3 is 0 Å². The molecule has 0 aromatic carbocycles. The van der Waals surface area contributed by atoms with Gasteiger partial charge in [-0.3, -0.25) is 5.32 Å². The Bertz CT molecular complexity index is 667. The molecule has 2 heterocycles. The second kappa shape index (κ2) is 5.87. The highest BCUT2D eigenvalue weighted by molar-refractivity contribution is 5.44. The van der Waals surface area contributed by atoms with Crippen molar-refractivity contribution in [3.8, 4) is 6.07 Å². The molecule has 1 aliphatic carbocycles. The Labute approximate surface area is 125 Å². The smallest absolute Gasteiger partial charge is 0.138 e. The van der Waals surface area contributed by atoms with E-state index < -0.39 is 0 Å². The monoisotopic (exact) mass is 282 g/mol. The van der Waals surface area contributed by atoms with Gasteiger partial charge in [0.15, 0.2) is 0 Å². The van der Waals surface area contributed by atoms with E-state index in [1.54, 1.807) is 0 Å². The predicted molar refractivity (Wildman–Crippen MR) is 82.8 cm³/mol. The molecule has 4 heteroatoms. The van der Waals surface area contributed by atoms with Crippen LogP contribution in [0.3, 0.4) is 0 Å². The molecule has 0 spiro atoms. The predicted octanol–water partition coefficient (Wildman–Crippen LogP) is 3.38. The first-order chi connectivity index (χ1) is 10.2. The van der Waals surface area contributed by atoms with E-state index in [1.165, 1.54) is 19.3 Å². The lowest BCUT2D eigenvalue weighted by Crippen LogP contribution is -2.39. The molecule has 0 aliphatic heterocycles. The van der Waals surface area contributed by atoms with Crippen LogP contribution >= 0.6 is 0 Å². The number of fused-ring (bicyclic) bond motifs is 1. The first kappa shape index (κ1) is 14.1. The molecule has 1 fully saturated rings. The molecule has 3 rings (SSSR count). The Kier molecular flexibility index (Phi) is 3.94. The third kappa shape index (κ3) is 2.66. The first-order valence-corrected chi connectivity index (χ1v) is 7.80. The fraction of sp³-hybridized carbons (Fsp3) is 0.529. The maximum Gasteiger partial charge on any atom is 0.138 e. The highest BCUT2D eigenvalue weighted by Crippen LogP contribution is 2.27. The van der Waals surface area contributed by atoms with Crippen molar-refractivity contribution in [1.29, 1.82) is 5.26 Å². The van der Waals surface area contributed by atoms with Gasteiger partial charge < -0.3 is 4.40 Å². The third-order valence-electron chi connectivity index (χ3n) is 4.65. The van der Waals surface area contributed by atoms with E-state index in [0.29, 0.717) is 12.0 Å². The van der Waals surface area contributed by atoms with Crippen LogP contribution in [0.5, 0.6) is 0 Å². The molecular formula is C17H22N4. The summed E-state index contributed by atoms with van der Waals surface area (Å²) in [5.74, 6) is 0.633. The Hall–Kier alpha value is -1.86. The summed E-state index contributed by atoms with van der Waals surface area (Å²) in [7, 11) is 0. The lowest BCUT2D eigenvalue weighted by molar-refractivity contribution is 0.270. The van der Waals surface area contributed by atoms with Crippen LogP contribution in [0.15, 0.2) is 24.4 Å². The molecule has 0 radical (unpaired) electrons. The van der Waals surface area contributed by atoms with Gasteiger partial charge in [0.1, 0.15) is 11.7 Å². The zero-order valence-electron chi connectivity index (χ0n) is 12.7. The molecule has 4 nitrogen and oxygen atoms in total. The van der Waals surface area contributed by atoms with Crippen molar-refractivity contribution in [2.45, 2.75) is 51.6 Å². The minimum atomic E-state index is -0.298. The fourth-order valence-electron chi connectivity index (χ4n) is 3.44. The molecule has 3 unspecified atom stereocenters. The average molecular weight is 282 g/mol. The van der Waals surface area contributed by atoms with E-state index in [2.05, 4.69) is 23.3 Å². The number of nitrogens with zero attached hydrogens (tertiary/aromatic N) is 3. The first-order valence-electron chi connectivity index (χ1n) is 7.80. The number of imidazole rings is 1. The van der Waals surface area contributed by atoms with Crippen LogP contribution < -0.4 is 5.32 Å². The van der Waals surface area contributed by atoms with Crippen molar-refractivity contribution in [1.82, 2.24) is 14.7 Å². The highest BCUT2D eigenvalue weighted by atomic mass is 15.1. The number of rotatable bonds is 3. The van der Waals surface area contributed by atoms with Crippen LogP contribution in [0, 0.1) is 24.2 Å². The molecule has 0 amide bonds. The van der Waals surface area contributed by atoms with Gasteiger partial charge in [-0.1, -0.05) is 25.8 Å². The summed E-state index contributed by atoms with van der Waals surface area (Å²) in [6.07, 6.45) is 6.97. The molecule has 21 heavy (non-hydrogen) atoms. The highest BCUT2D eigenvalue weighted by Gasteiger charge is 2.27. The quantitative estimate of drug-likeness (QED) is 0.939. The number of aryl methyl sites for hydroxylation is 1. The van der Waals surface area contributed by atoms with Crippen molar-refractivity contribution >= 4 is 5.65 Å². The molecule has 1 aliphatic rings. The van der Waals surface area contributed by atoms with E-state index in [4.69, 9.17) is 0 Å². The molecule has 2 aromatic rings. The van der Waals surface area contributed by atoms with Gasteiger partial charge in [0, 0.05) is 12.2 Å². The van der Waals surface area contributed by atoms with Crippen molar-refractivity contribution in [2.24, 2.45) is 5.92 Å². The summed E-state index contributed by atoms with van der Waals surface area (Å²) in [6.45, 7) is 4.27. The summed E-state index contributed by atoms with van der Waals surface area (Å²) >= 11 is 0. The van der Waals surface area contributed by atoms with Crippen LogP contribution in [0.4, 0.5) is 0 Å². The van der Waals surface area contributed by atoms with E-state index >= 15 is 0 Å². The summed E-state index contributed by atoms with van der Waals surface area (Å²) in [5.41, 5.74) is 2.82. The van der Waals surface area contributed by atoms with Crippen LogP contribution in [-0.4, -0.2) is 15.4 Å². The minimum Gasteiger partial charge on any atom is -0.301 e. The zero-order valence-corrected chi connectivity index (χ0v) is 12.7. The van der Waals surface area contributed by atoms with Crippen LogP contribution in [0.25, 0.3) is 5.65 Å². The largest absolute Gasteiger partial charge is 0.301 e. The number of hydrogen-bond donors (Lipinski definition) is 1. The number of nitrogens with one attached hydrogen (secondary N) is 1. The van der Waals surface area contributed by atoms with E-state index in [9.17, 15) is 5.26 Å². The minimum absolute atomic E-state index is 0.298. The second-order valence-corrected chi connectivity index (χ2v) is 6.11. The van der Waals surface area contributed by atoms with Gasteiger partial charge in [0.25, 0.3) is 0 Å².